The molecule has 2 atom stereocenters. The highest BCUT2D eigenvalue weighted by Gasteiger charge is 2.20. The number of nitrogens with zero attached hydrogens (tertiary/aromatic N) is 1. The highest BCUT2D eigenvalue weighted by atomic mass is 31.2. The van der Waals surface area contributed by atoms with Crippen LogP contribution in [0.4, 0.5) is 0 Å². The smallest absolute Gasteiger partial charge is 0.268 e. The molecule has 0 spiro atoms. The lowest BCUT2D eigenvalue weighted by molar-refractivity contribution is -0.870. The number of quaternary nitrogens is 1. The van der Waals surface area contributed by atoms with Gasteiger partial charge in [0.05, 0.1) is 27.7 Å². The molecule has 0 fully saturated rings. The van der Waals surface area contributed by atoms with Gasteiger partial charge in [-0.1, -0.05) is 51.9 Å². The number of phosphoric acid groups is 1. The fraction of sp³-hybridized carbons (Fsp3) is 0.950. The van der Waals surface area contributed by atoms with Gasteiger partial charge in [0.2, 0.25) is 5.91 Å². The van der Waals surface area contributed by atoms with Crippen molar-refractivity contribution in [2.45, 2.75) is 71.3 Å². The first-order valence-electron chi connectivity index (χ1n) is 10.8. The number of rotatable bonds is 19. The Labute approximate surface area is 177 Å². The van der Waals surface area contributed by atoms with Crippen molar-refractivity contribution >= 4 is 13.7 Å². The number of hydrogen-bond acceptors (Lipinski definition) is 6. The molecular formula is C20H43N2O6P. The first-order chi connectivity index (χ1) is 13.6. The van der Waals surface area contributed by atoms with Crippen molar-refractivity contribution in [3.63, 3.8) is 0 Å². The lowest BCUT2D eigenvalue weighted by Crippen LogP contribution is -2.38. The van der Waals surface area contributed by atoms with Gasteiger partial charge in [-0.25, -0.2) is 0 Å². The molecule has 0 saturated heterocycles. The van der Waals surface area contributed by atoms with Gasteiger partial charge in [0, 0.05) is 20.1 Å². The van der Waals surface area contributed by atoms with Crippen LogP contribution >= 0.6 is 7.82 Å². The molecule has 174 valence electrons. The Morgan fingerprint density at radius 3 is 2.17 bits per heavy atom. The largest absolute Gasteiger partial charge is 0.756 e. The van der Waals surface area contributed by atoms with Gasteiger partial charge in [0.1, 0.15) is 19.3 Å². The summed E-state index contributed by atoms with van der Waals surface area (Å²) in [6.45, 7) is 4.83. The Morgan fingerprint density at radius 1 is 1.03 bits per heavy atom. The molecule has 0 radical (unpaired) electrons. The molecule has 0 heterocycles. The van der Waals surface area contributed by atoms with E-state index in [-0.39, 0.29) is 25.7 Å². The number of hydrogen-bond donors (Lipinski definition) is 1. The van der Waals surface area contributed by atoms with Gasteiger partial charge in [-0.3, -0.25) is 9.36 Å². The minimum absolute atomic E-state index is 0.0379. The first kappa shape index (κ1) is 28.5. The van der Waals surface area contributed by atoms with E-state index in [9.17, 15) is 14.3 Å². The number of ether oxygens (including phenoxy) is 1. The van der Waals surface area contributed by atoms with Crippen molar-refractivity contribution in [2.75, 3.05) is 54.1 Å². The van der Waals surface area contributed by atoms with Gasteiger partial charge >= 0.3 is 0 Å². The number of likely N-dealkylation sites (N-methyl/N-ethyl adjacent to an activating group) is 1. The summed E-state index contributed by atoms with van der Waals surface area (Å²) < 4.78 is 28.3. The summed E-state index contributed by atoms with van der Waals surface area (Å²) in [7, 11) is 1.36. The number of amides is 1. The van der Waals surface area contributed by atoms with E-state index in [2.05, 4.69) is 12.2 Å². The van der Waals surface area contributed by atoms with Crippen molar-refractivity contribution < 1.29 is 32.5 Å². The molecule has 0 rings (SSSR count). The van der Waals surface area contributed by atoms with Gasteiger partial charge in [0.25, 0.3) is 7.82 Å². The molecule has 0 aromatic heterocycles. The maximum Gasteiger partial charge on any atom is 0.268 e. The van der Waals surface area contributed by atoms with E-state index in [1.54, 1.807) is 0 Å². The van der Waals surface area contributed by atoms with E-state index in [1.165, 1.54) is 45.4 Å². The molecule has 0 aliphatic carbocycles. The van der Waals surface area contributed by atoms with Crippen LogP contribution in [-0.4, -0.2) is 70.5 Å². The number of carbonyl (C=O) groups is 1. The summed E-state index contributed by atoms with van der Waals surface area (Å²) in [6, 6.07) is 0. The molecule has 2 unspecified atom stereocenters. The maximum atomic E-state index is 12.1. The second-order valence-electron chi connectivity index (χ2n) is 8.51. The summed E-state index contributed by atoms with van der Waals surface area (Å²) in [5.41, 5.74) is 0. The van der Waals surface area contributed by atoms with Crippen LogP contribution in [0.3, 0.4) is 0 Å². The zero-order valence-electron chi connectivity index (χ0n) is 19.1. The maximum absolute atomic E-state index is 12.1. The highest BCUT2D eigenvalue weighted by molar-refractivity contribution is 7.45. The number of nitrogens with one attached hydrogen (secondary N) is 1. The van der Waals surface area contributed by atoms with Crippen LogP contribution in [0.5, 0.6) is 0 Å². The zero-order chi connectivity index (χ0) is 22.2. The third kappa shape index (κ3) is 20.5. The number of phosphoric ester groups is 1. The summed E-state index contributed by atoms with van der Waals surface area (Å²) in [4.78, 5) is 23.2. The fourth-order valence-electron chi connectivity index (χ4n) is 2.58. The summed E-state index contributed by atoms with van der Waals surface area (Å²) in [5.74, 6) is -0.256. The van der Waals surface area contributed by atoms with Crippen LogP contribution in [0.1, 0.15) is 65.2 Å². The van der Waals surface area contributed by atoms with Crippen LogP contribution in [0, 0.1) is 0 Å². The van der Waals surface area contributed by atoms with E-state index in [4.69, 9.17) is 13.8 Å². The fourth-order valence-corrected chi connectivity index (χ4v) is 3.44. The summed E-state index contributed by atoms with van der Waals surface area (Å²) in [5, 5.41) is 2.57. The third-order valence-electron chi connectivity index (χ3n) is 4.31. The average molecular weight is 439 g/mol. The van der Waals surface area contributed by atoms with Crippen molar-refractivity contribution in [2.24, 2.45) is 0 Å². The standard InChI is InChI=1S/C20H43N2O6P/c1-6-7-8-9-10-11-12-13-15-26-18-20(17-21-19(2)23)28-29(24,25)27-16-14-22(3,4)5/h20H,6-18H2,1-5H3,(H-,21,23,24,25). The monoisotopic (exact) mass is 438 g/mol. The van der Waals surface area contributed by atoms with Crippen molar-refractivity contribution in [3.8, 4) is 0 Å². The van der Waals surface area contributed by atoms with E-state index in [0.29, 0.717) is 17.6 Å². The van der Waals surface area contributed by atoms with Crippen LogP contribution in [0.2, 0.25) is 0 Å². The summed E-state index contributed by atoms with van der Waals surface area (Å²) in [6.07, 6.45) is 8.81. The topological polar surface area (TPSA) is 96.9 Å². The Morgan fingerprint density at radius 2 is 1.62 bits per heavy atom. The van der Waals surface area contributed by atoms with Gasteiger partial charge in [0.15, 0.2) is 0 Å². The number of carbonyl (C=O) groups excluding carboxylic acids is 1. The third-order valence-corrected chi connectivity index (χ3v) is 5.37. The minimum atomic E-state index is -4.47. The predicted octanol–water partition coefficient (Wildman–Crippen LogP) is 2.86. The molecule has 0 saturated carbocycles. The highest BCUT2D eigenvalue weighted by Crippen LogP contribution is 2.39. The molecule has 0 aliphatic heterocycles. The van der Waals surface area contributed by atoms with Crippen LogP contribution in [0.25, 0.3) is 0 Å². The van der Waals surface area contributed by atoms with Crippen molar-refractivity contribution in [3.05, 3.63) is 0 Å². The predicted molar refractivity (Wildman–Crippen MR) is 113 cm³/mol. The SMILES string of the molecule is CCCCCCCCCCOCC(CNC(C)=O)OP(=O)([O-])OCC[N+](C)(C)C. The van der Waals surface area contributed by atoms with E-state index >= 15 is 0 Å². The molecule has 1 amide bonds. The van der Waals surface area contributed by atoms with E-state index < -0.39 is 13.9 Å². The Hall–Kier alpha value is -0.500. The average Bonchev–Trinajstić information content (AvgIpc) is 2.59. The number of unbranched alkanes of at least 4 members (excludes halogenated alkanes) is 7. The van der Waals surface area contributed by atoms with Crippen LogP contribution in [0.15, 0.2) is 0 Å². The molecule has 9 heteroatoms. The Kier molecular flexibility index (Phi) is 15.9. The second-order valence-corrected chi connectivity index (χ2v) is 9.87. The molecule has 0 aromatic carbocycles. The Balaban J connectivity index is 4.15. The van der Waals surface area contributed by atoms with Gasteiger partial charge in [-0.15, -0.1) is 0 Å². The molecule has 1 N–H and O–H groups in total. The van der Waals surface area contributed by atoms with Crippen LogP contribution in [-0.2, 0) is 23.1 Å². The van der Waals surface area contributed by atoms with Gasteiger partial charge in [-0.05, 0) is 6.42 Å². The van der Waals surface area contributed by atoms with Crippen molar-refractivity contribution in [1.82, 2.24) is 5.32 Å². The van der Waals surface area contributed by atoms with E-state index in [0.717, 1.165) is 12.8 Å². The lowest BCUT2D eigenvalue weighted by Gasteiger charge is -2.30. The molecule has 0 aromatic rings. The molecule has 0 aliphatic rings. The quantitative estimate of drug-likeness (QED) is 0.189. The van der Waals surface area contributed by atoms with Crippen molar-refractivity contribution in [1.29, 1.82) is 0 Å². The normalized spacial score (nSPS) is 15.1. The first-order valence-corrected chi connectivity index (χ1v) is 12.3. The van der Waals surface area contributed by atoms with Crippen LogP contribution < -0.4 is 10.2 Å². The molecule has 29 heavy (non-hydrogen) atoms. The van der Waals surface area contributed by atoms with E-state index in [1.807, 2.05) is 21.1 Å². The second kappa shape index (κ2) is 16.2. The molecular weight excluding hydrogens is 395 g/mol. The lowest BCUT2D eigenvalue weighted by atomic mass is 10.1. The summed E-state index contributed by atoms with van der Waals surface area (Å²) >= 11 is 0. The molecule has 8 nitrogen and oxygen atoms in total. The van der Waals surface area contributed by atoms with Gasteiger partial charge in [-0.2, -0.15) is 0 Å². The zero-order valence-corrected chi connectivity index (χ0v) is 20.0. The van der Waals surface area contributed by atoms with Gasteiger partial charge < -0.3 is 28.5 Å². The molecule has 0 bridgehead atoms. The minimum Gasteiger partial charge on any atom is -0.756 e. The Bertz CT molecular complexity index is 470.